The van der Waals surface area contributed by atoms with Crippen molar-refractivity contribution >= 4 is 0 Å². The highest BCUT2D eigenvalue weighted by molar-refractivity contribution is 5.34. The first kappa shape index (κ1) is 20.7. The van der Waals surface area contributed by atoms with Crippen molar-refractivity contribution in [1.82, 2.24) is 9.80 Å². The van der Waals surface area contributed by atoms with Gasteiger partial charge in [-0.25, -0.2) is 0 Å². The Hall–Kier alpha value is -2.04. The second-order valence-electron chi connectivity index (χ2n) is 7.86. The zero-order valence-electron chi connectivity index (χ0n) is 17.6. The van der Waals surface area contributed by atoms with Gasteiger partial charge in [-0.2, -0.15) is 0 Å². The van der Waals surface area contributed by atoms with Crippen molar-refractivity contribution in [3.63, 3.8) is 0 Å². The zero-order chi connectivity index (χ0) is 19.8. The first-order chi connectivity index (χ1) is 13.7. The van der Waals surface area contributed by atoms with Gasteiger partial charge in [0.15, 0.2) is 0 Å². The molecule has 0 unspecified atom stereocenters. The summed E-state index contributed by atoms with van der Waals surface area (Å²) in [6, 6.07) is 16.7. The summed E-state index contributed by atoms with van der Waals surface area (Å²) >= 11 is 0. The first-order valence-corrected chi connectivity index (χ1v) is 10.3. The van der Waals surface area contributed by atoms with Crippen molar-refractivity contribution in [2.24, 2.45) is 5.92 Å². The van der Waals surface area contributed by atoms with E-state index >= 15 is 0 Å². The Morgan fingerprint density at radius 3 is 2.11 bits per heavy atom. The number of ether oxygens (including phenoxy) is 2. The molecule has 0 saturated carbocycles. The molecule has 0 atom stereocenters. The van der Waals surface area contributed by atoms with E-state index in [1.807, 2.05) is 18.2 Å². The van der Waals surface area contributed by atoms with E-state index in [2.05, 4.69) is 47.2 Å². The number of rotatable bonds is 9. The van der Waals surface area contributed by atoms with Gasteiger partial charge in [0.25, 0.3) is 0 Å². The maximum atomic E-state index is 5.49. The predicted octanol–water partition coefficient (Wildman–Crippen LogP) is 4.09. The summed E-state index contributed by atoms with van der Waals surface area (Å²) in [5.74, 6) is 2.78. The predicted molar refractivity (Wildman–Crippen MR) is 115 cm³/mol. The van der Waals surface area contributed by atoms with E-state index in [9.17, 15) is 0 Å². The third kappa shape index (κ3) is 5.73. The topological polar surface area (TPSA) is 24.9 Å². The van der Waals surface area contributed by atoms with E-state index < -0.39 is 0 Å². The quantitative estimate of drug-likeness (QED) is 0.652. The summed E-state index contributed by atoms with van der Waals surface area (Å²) in [4.78, 5) is 5.04. The normalized spacial score (nSPS) is 15.7. The molecule has 3 rings (SSSR count). The lowest BCUT2D eigenvalue weighted by Gasteiger charge is -2.34. The molecule has 152 valence electrons. The van der Waals surface area contributed by atoms with Gasteiger partial charge in [0.1, 0.15) is 11.5 Å². The summed E-state index contributed by atoms with van der Waals surface area (Å²) in [7, 11) is 5.73. The molecule has 0 radical (unpaired) electrons. The van der Waals surface area contributed by atoms with Crippen LogP contribution in [0, 0.1) is 5.92 Å². The molecule has 0 bridgehead atoms. The van der Waals surface area contributed by atoms with Gasteiger partial charge in [0, 0.05) is 25.2 Å². The van der Waals surface area contributed by atoms with Gasteiger partial charge in [-0.05, 0) is 63.0 Å². The Kier molecular flexibility index (Phi) is 7.75. The molecule has 0 N–H and O–H groups in total. The molecule has 0 amide bonds. The van der Waals surface area contributed by atoms with Gasteiger partial charge in [-0.15, -0.1) is 0 Å². The number of methoxy groups -OCH3 is 2. The number of para-hydroxylation sites is 2. The van der Waals surface area contributed by atoms with Crippen LogP contribution < -0.4 is 9.47 Å². The van der Waals surface area contributed by atoms with Crippen molar-refractivity contribution in [2.45, 2.75) is 25.8 Å². The fourth-order valence-electron chi connectivity index (χ4n) is 4.21. The van der Waals surface area contributed by atoms with Crippen LogP contribution in [0.3, 0.4) is 0 Å². The highest BCUT2D eigenvalue weighted by Gasteiger charge is 2.21. The van der Waals surface area contributed by atoms with E-state index in [1.54, 1.807) is 14.2 Å². The van der Waals surface area contributed by atoms with Crippen molar-refractivity contribution in [3.05, 3.63) is 59.7 Å². The van der Waals surface area contributed by atoms with Crippen molar-refractivity contribution < 1.29 is 9.47 Å². The van der Waals surface area contributed by atoms with E-state index in [0.29, 0.717) is 0 Å². The Morgan fingerprint density at radius 2 is 1.46 bits per heavy atom. The number of benzene rings is 2. The fourth-order valence-corrected chi connectivity index (χ4v) is 4.21. The average molecular weight is 383 g/mol. The molecule has 2 aromatic carbocycles. The number of likely N-dealkylation sites (tertiary alicyclic amines) is 1. The Labute approximate surface area is 170 Å². The van der Waals surface area contributed by atoms with Crippen LogP contribution in [0.25, 0.3) is 0 Å². The van der Waals surface area contributed by atoms with Gasteiger partial charge in [-0.1, -0.05) is 36.4 Å². The molecule has 1 aliphatic rings. The van der Waals surface area contributed by atoms with Crippen molar-refractivity contribution in [3.8, 4) is 11.5 Å². The highest BCUT2D eigenvalue weighted by atomic mass is 16.5. The van der Waals surface area contributed by atoms with Gasteiger partial charge in [0.05, 0.1) is 14.2 Å². The maximum absolute atomic E-state index is 5.49. The minimum absolute atomic E-state index is 0.780. The second-order valence-corrected chi connectivity index (χ2v) is 7.86. The first-order valence-electron chi connectivity index (χ1n) is 10.3. The number of hydrogen-bond donors (Lipinski definition) is 0. The average Bonchev–Trinajstić information content (AvgIpc) is 2.73. The Morgan fingerprint density at radius 1 is 0.893 bits per heavy atom. The molecule has 2 aromatic rings. The van der Waals surface area contributed by atoms with Crippen LogP contribution in [-0.2, 0) is 13.0 Å². The van der Waals surface area contributed by atoms with Crippen LogP contribution in [0.1, 0.15) is 24.0 Å². The second kappa shape index (κ2) is 10.5. The molecule has 0 aromatic heterocycles. The molecule has 0 spiro atoms. The van der Waals surface area contributed by atoms with Gasteiger partial charge >= 0.3 is 0 Å². The minimum Gasteiger partial charge on any atom is -0.496 e. The van der Waals surface area contributed by atoms with Gasteiger partial charge < -0.3 is 19.3 Å². The third-order valence-corrected chi connectivity index (χ3v) is 5.80. The summed E-state index contributed by atoms with van der Waals surface area (Å²) in [6.07, 6.45) is 3.62. The summed E-state index contributed by atoms with van der Waals surface area (Å²) in [5, 5.41) is 0. The Balaban J connectivity index is 1.41. The van der Waals surface area contributed by atoms with Crippen LogP contribution >= 0.6 is 0 Å². The lowest BCUT2D eigenvalue weighted by Crippen LogP contribution is -2.38. The molecule has 1 fully saturated rings. The molecule has 4 heteroatoms. The van der Waals surface area contributed by atoms with Crippen LogP contribution in [0.4, 0.5) is 0 Å². The van der Waals surface area contributed by atoms with Crippen molar-refractivity contribution in [2.75, 3.05) is 47.4 Å². The Bertz CT molecular complexity index is 726. The summed E-state index contributed by atoms with van der Waals surface area (Å²) in [6.45, 7) is 5.60. The van der Waals surface area contributed by atoms with E-state index in [4.69, 9.17) is 9.47 Å². The molecule has 28 heavy (non-hydrogen) atoms. The SMILES string of the molecule is COc1ccccc1CCN1CCC(CN(C)Cc2ccccc2OC)CC1. The van der Waals surface area contributed by atoms with Crippen LogP contribution in [0.2, 0.25) is 0 Å². The number of nitrogens with zero attached hydrogens (tertiary/aromatic N) is 2. The van der Waals surface area contributed by atoms with Gasteiger partial charge in [0.2, 0.25) is 0 Å². The lowest BCUT2D eigenvalue weighted by atomic mass is 9.95. The van der Waals surface area contributed by atoms with E-state index in [0.717, 1.165) is 43.5 Å². The molecule has 1 saturated heterocycles. The number of piperidine rings is 1. The molecular weight excluding hydrogens is 348 g/mol. The third-order valence-electron chi connectivity index (χ3n) is 5.80. The largest absolute Gasteiger partial charge is 0.496 e. The fraction of sp³-hybridized carbons (Fsp3) is 0.500. The number of hydrogen-bond acceptors (Lipinski definition) is 4. The lowest BCUT2D eigenvalue weighted by molar-refractivity contribution is 0.152. The standard InChI is InChI=1S/C24H34N2O2/c1-25(19-22-9-5-7-11-24(22)28-3)18-20-12-15-26(16-13-20)17-14-21-8-4-6-10-23(21)27-2/h4-11,20H,12-19H2,1-3H3. The van der Waals surface area contributed by atoms with E-state index in [1.165, 1.54) is 37.1 Å². The summed E-state index contributed by atoms with van der Waals surface area (Å²) < 4.78 is 11.0. The monoisotopic (exact) mass is 382 g/mol. The summed E-state index contributed by atoms with van der Waals surface area (Å²) in [5.41, 5.74) is 2.57. The van der Waals surface area contributed by atoms with Crippen LogP contribution in [0.15, 0.2) is 48.5 Å². The van der Waals surface area contributed by atoms with Crippen molar-refractivity contribution in [1.29, 1.82) is 0 Å². The smallest absolute Gasteiger partial charge is 0.123 e. The zero-order valence-corrected chi connectivity index (χ0v) is 17.6. The highest BCUT2D eigenvalue weighted by Crippen LogP contribution is 2.23. The molecule has 4 nitrogen and oxygen atoms in total. The molecule has 1 aliphatic heterocycles. The van der Waals surface area contributed by atoms with Gasteiger partial charge in [-0.3, -0.25) is 0 Å². The molecule has 1 heterocycles. The minimum atomic E-state index is 0.780. The molecule has 0 aliphatic carbocycles. The maximum Gasteiger partial charge on any atom is 0.123 e. The molecular formula is C24H34N2O2. The van der Waals surface area contributed by atoms with Crippen LogP contribution in [0.5, 0.6) is 11.5 Å². The van der Waals surface area contributed by atoms with E-state index in [-0.39, 0.29) is 0 Å². The van der Waals surface area contributed by atoms with Crippen LogP contribution in [-0.4, -0.2) is 57.2 Å².